The van der Waals surface area contributed by atoms with Crippen molar-refractivity contribution in [1.82, 2.24) is 4.98 Å². The maximum atomic E-state index is 13.3. The van der Waals surface area contributed by atoms with Crippen LogP contribution in [0.5, 0.6) is 0 Å². The number of nitrogens with zero attached hydrogens (tertiary/aromatic N) is 1. The Morgan fingerprint density at radius 1 is 0.960 bits per heavy atom. The van der Waals surface area contributed by atoms with E-state index in [-0.39, 0.29) is 26.4 Å². The van der Waals surface area contributed by atoms with Crippen molar-refractivity contribution >= 4 is 21.0 Å². The second-order valence-electron chi connectivity index (χ2n) is 4.99. The van der Waals surface area contributed by atoms with Crippen molar-refractivity contribution in [2.45, 2.75) is 40.1 Å². The minimum atomic E-state index is -3.86. The van der Waals surface area contributed by atoms with Crippen molar-refractivity contribution < 1.29 is 27.2 Å². The van der Waals surface area contributed by atoms with Gasteiger partial charge >= 0.3 is 15.2 Å². The highest BCUT2D eigenvalue weighted by atomic mass is 31.2. The van der Waals surface area contributed by atoms with Gasteiger partial charge in [0.05, 0.1) is 26.4 Å². The SMILES string of the molecule is CCOP(=O)(OCC)C(Nc1cc(C)ccn1)P(=O)(OCC)OCC. The van der Waals surface area contributed by atoms with Gasteiger partial charge in [-0.25, -0.2) is 4.98 Å². The quantitative estimate of drug-likeness (QED) is 0.513. The van der Waals surface area contributed by atoms with Crippen LogP contribution in [0.2, 0.25) is 0 Å². The average molecular weight is 394 g/mol. The summed E-state index contributed by atoms with van der Waals surface area (Å²) < 4.78 is 48.2. The summed E-state index contributed by atoms with van der Waals surface area (Å²) in [4.78, 5) is 4.17. The lowest BCUT2D eigenvalue weighted by atomic mass is 10.3. The molecule has 1 N–H and O–H groups in total. The number of aryl methyl sites for hydroxylation is 1. The third-order valence-electron chi connectivity index (χ3n) is 3.03. The van der Waals surface area contributed by atoms with Crippen LogP contribution in [0.25, 0.3) is 0 Å². The fourth-order valence-electron chi connectivity index (χ4n) is 2.16. The van der Waals surface area contributed by atoms with Gasteiger partial charge in [-0.1, -0.05) is 0 Å². The molecule has 0 aliphatic heterocycles. The van der Waals surface area contributed by atoms with Gasteiger partial charge in [-0.05, 0) is 52.3 Å². The first-order chi connectivity index (χ1) is 11.8. The first-order valence-corrected chi connectivity index (χ1v) is 11.5. The molecule has 0 fully saturated rings. The van der Waals surface area contributed by atoms with Crippen LogP contribution in [0, 0.1) is 6.92 Å². The van der Waals surface area contributed by atoms with E-state index in [0.717, 1.165) is 5.56 Å². The van der Waals surface area contributed by atoms with E-state index in [1.54, 1.807) is 40.0 Å². The maximum Gasteiger partial charge on any atom is 0.365 e. The highest BCUT2D eigenvalue weighted by molar-refractivity contribution is 7.72. The molecule has 0 aliphatic rings. The zero-order valence-corrected chi connectivity index (χ0v) is 17.2. The van der Waals surface area contributed by atoms with E-state index in [0.29, 0.717) is 5.82 Å². The molecule has 0 aliphatic carbocycles. The van der Waals surface area contributed by atoms with Gasteiger partial charge in [-0.2, -0.15) is 0 Å². The highest BCUT2D eigenvalue weighted by Crippen LogP contribution is 2.70. The first kappa shape index (κ1) is 22.3. The van der Waals surface area contributed by atoms with E-state index < -0.39 is 20.7 Å². The lowest BCUT2D eigenvalue weighted by Gasteiger charge is -2.32. The van der Waals surface area contributed by atoms with Crippen molar-refractivity contribution in [2.75, 3.05) is 31.7 Å². The van der Waals surface area contributed by atoms with E-state index >= 15 is 0 Å². The number of nitrogens with one attached hydrogen (secondary N) is 1. The zero-order chi connectivity index (χ0) is 18.9. The third-order valence-corrected chi connectivity index (χ3v) is 8.65. The minimum absolute atomic E-state index is 0.120. The number of hydrogen-bond donors (Lipinski definition) is 1. The summed E-state index contributed by atoms with van der Waals surface area (Å²) in [5.74, 6) is 0.379. The monoisotopic (exact) mass is 394 g/mol. The van der Waals surface area contributed by atoms with Crippen LogP contribution in [-0.4, -0.2) is 36.9 Å². The van der Waals surface area contributed by atoms with Gasteiger partial charge in [0.1, 0.15) is 5.82 Å². The van der Waals surface area contributed by atoms with Crippen LogP contribution >= 0.6 is 15.2 Å². The Balaban J connectivity index is 3.37. The first-order valence-electron chi connectivity index (χ1n) is 8.31. The molecule has 10 heteroatoms. The molecule has 0 radical (unpaired) electrons. The van der Waals surface area contributed by atoms with Crippen molar-refractivity contribution in [3.8, 4) is 0 Å². The molecule has 0 saturated heterocycles. The normalized spacial score (nSPS) is 12.6. The molecule has 144 valence electrons. The average Bonchev–Trinajstić information content (AvgIpc) is 2.53. The Kier molecular flexibility index (Phi) is 9.28. The molecule has 1 aromatic rings. The lowest BCUT2D eigenvalue weighted by Crippen LogP contribution is -2.26. The molecule has 1 rings (SSSR count). The summed E-state index contributed by atoms with van der Waals surface area (Å²) in [6, 6.07) is 3.55. The number of aromatic nitrogens is 1. The molecule has 8 nitrogen and oxygen atoms in total. The summed E-state index contributed by atoms with van der Waals surface area (Å²) in [6.07, 6.45) is 1.59. The second kappa shape index (κ2) is 10.4. The van der Waals surface area contributed by atoms with Gasteiger partial charge in [0.2, 0.25) is 5.52 Å². The number of hydrogen-bond acceptors (Lipinski definition) is 8. The molecule has 0 aromatic carbocycles. The summed E-state index contributed by atoms with van der Waals surface area (Å²) in [7, 11) is -7.71. The number of anilines is 1. The largest absolute Gasteiger partial charge is 0.365 e. The molecular formula is C15H28N2O6P2. The van der Waals surface area contributed by atoms with Crippen molar-refractivity contribution in [2.24, 2.45) is 0 Å². The minimum Gasteiger partial charge on any atom is -0.346 e. The maximum absolute atomic E-state index is 13.3. The Hall–Kier alpha value is -0.750. The molecule has 1 heterocycles. The van der Waals surface area contributed by atoms with Crippen LogP contribution in [-0.2, 0) is 27.2 Å². The van der Waals surface area contributed by atoms with E-state index in [1.165, 1.54) is 0 Å². The molecular weight excluding hydrogens is 366 g/mol. The number of pyridine rings is 1. The Labute approximate surface area is 149 Å². The van der Waals surface area contributed by atoms with Crippen molar-refractivity contribution in [3.63, 3.8) is 0 Å². The Bertz CT molecular complexity index is 578. The van der Waals surface area contributed by atoms with Gasteiger partial charge in [-0.15, -0.1) is 0 Å². The predicted molar refractivity (Wildman–Crippen MR) is 98.1 cm³/mol. The third kappa shape index (κ3) is 6.17. The summed E-state index contributed by atoms with van der Waals surface area (Å²) in [6.45, 7) is 9.09. The molecule has 0 bridgehead atoms. The van der Waals surface area contributed by atoms with Gasteiger partial charge in [0.15, 0.2) is 0 Å². The van der Waals surface area contributed by atoms with E-state index in [2.05, 4.69) is 10.3 Å². The molecule has 25 heavy (non-hydrogen) atoms. The van der Waals surface area contributed by atoms with Crippen LogP contribution in [0.15, 0.2) is 18.3 Å². The summed E-state index contributed by atoms with van der Waals surface area (Å²) >= 11 is 0. The van der Waals surface area contributed by atoms with Crippen LogP contribution in [0.4, 0.5) is 5.82 Å². The highest BCUT2D eigenvalue weighted by Gasteiger charge is 2.51. The van der Waals surface area contributed by atoms with Crippen molar-refractivity contribution in [3.05, 3.63) is 23.9 Å². The number of rotatable bonds is 12. The predicted octanol–water partition coefficient (Wildman–Crippen LogP) is 4.62. The van der Waals surface area contributed by atoms with Gasteiger partial charge in [-0.3, -0.25) is 9.13 Å². The second-order valence-corrected chi connectivity index (χ2v) is 9.62. The van der Waals surface area contributed by atoms with Gasteiger partial charge in [0.25, 0.3) is 0 Å². The van der Waals surface area contributed by atoms with E-state index in [1.807, 2.05) is 13.0 Å². The fourth-order valence-corrected chi connectivity index (χ4v) is 7.08. The van der Waals surface area contributed by atoms with E-state index in [4.69, 9.17) is 18.1 Å². The molecule has 1 aromatic heterocycles. The molecule has 0 atom stereocenters. The smallest absolute Gasteiger partial charge is 0.346 e. The van der Waals surface area contributed by atoms with Crippen LogP contribution in [0.1, 0.15) is 33.3 Å². The fraction of sp³-hybridized carbons (Fsp3) is 0.667. The standard InChI is InChI=1S/C15H28N2O6P2/c1-6-20-24(18,21-7-2)15(25(19,22-8-3)23-9-4)17-14-12-13(5)10-11-16-14/h10-12,15H,6-9H2,1-5H3,(H,16,17). The van der Waals surface area contributed by atoms with Crippen LogP contribution in [0.3, 0.4) is 0 Å². The van der Waals surface area contributed by atoms with Gasteiger partial charge < -0.3 is 23.4 Å². The molecule has 0 amide bonds. The van der Waals surface area contributed by atoms with Gasteiger partial charge in [0, 0.05) is 6.20 Å². The Morgan fingerprint density at radius 3 is 1.76 bits per heavy atom. The Morgan fingerprint density at radius 2 is 1.40 bits per heavy atom. The van der Waals surface area contributed by atoms with Crippen LogP contribution < -0.4 is 5.32 Å². The molecule has 0 saturated carbocycles. The van der Waals surface area contributed by atoms with Crippen molar-refractivity contribution in [1.29, 1.82) is 0 Å². The summed E-state index contributed by atoms with van der Waals surface area (Å²) in [5, 5.41) is 2.90. The topological polar surface area (TPSA) is 96.0 Å². The lowest BCUT2D eigenvalue weighted by molar-refractivity contribution is 0.198. The van der Waals surface area contributed by atoms with E-state index in [9.17, 15) is 9.13 Å². The zero-order valence-electron chi connectivity index (χ0n) is 15.4. The summed E-state index contributed by atoms with van der Waals surface area (Å²) in [5.41, 5.74) is -0.393. The molecule has 0 spiro atoms. The molecule has 0 unspecified atom stereocenters.